The minimum atomic E-state index is -0.284. The lowest BCUT2D eigenvalue weighted by atomic mass is 10.2. The number of aromatic nitrogens is 2. The maximum absolute atomic E-state index is 11.7. The van der Waals surface area contributed by atoms with Gasteiger partial charge in [0.2, 0.25) is 0 Å². The fourth-order valence-corrected chi connectivity index (χ4v) is 1.28. The van der Waals surface area contributed by atoms with Gasteiger partial charge >= 0.3 is 0 Å². The molecular formula is C13H12N4O. The second-order valence-corrected chi connectivity index (χ2v) is 3.67. The first-order chi connectivity index (χ1) is 8.75. The monoisotopic (exact) mass is 240 g/mol. The second kappa shape index (κ2) is 5.67. The molecule has 0 aliphatic carbocycles. The van der Waals surface area contributed by atoms with Gasteiger partial charge in [0.05, 0.1) is 11.8 Å². The number of nitrogens with zero attached hydrogens (tertiary/aromatic N) is 3. The van der Waals surface area contributed by atoms with Crippen LogP contribution in [0.4, 0.5) is 0 Å². The fraction of sp³-hybridized carbons (Fsp3) is 0.0769. The van der Waals surface area contributed by atoms with Crippen molar-refractivity contribution in [3.63, 3.8) is 0 Å². The Labute approximate surface area is 105 Å². The van der Waals surface area contributed by atoms with Crippen molar-refractivity contribution in [2.24, 2.45) is 5.10 Å². The minimum Gasteiger partial charge on any atom is -0.267 e. The molecule has 0 aliphatic rings. The van der Waals surface area contributed by atoms with Crippen LogP contribution >= 0.6 is 0 Å². The molecular weight excluding hydrogens is 228 g/mol. The maximum Gasteiger partial charge on any atom is 0.272 e. The number of hydrogen-bond acceptors (Lipinski definition) is 4. The van der Waals surface area contributed by atoms with Crippen LogP contribution in [-0.4, -0.2) is 22.1 Å². The number of amides is 1. The molecule has 0 fully saturated rings. The molecule has 0 saturated carbocycles. The highest BCUT2D eigenvalue weighted by atomic mass is 16.2. The molecule has 0 saturated heterocycles. The number of aryl methyl sites for hydroxylation is 1. The van der Waals surface area contributed by atoms with E-state index >= 15 is 0 Å². The van der Waals surface area contributed by atoms with Crippen LogP contribution in [0, 0.1) is 6.92 Å². The van der Waals surface area contributed by atoms with Gasteiger partial charge in [-0.05, 0) is 36.8 Å². The van der Waals surface area contributed by atoms with E-state index < -0.39 is 0 Å². The summed E-state index contributed by atoms with van der Waals surface area (Å²) in [7, 11) is 0. The molecule has 0 atom stereocenters. The van der Waals surface area contributed by atoms with Crippen molar-refractivity contribution in [3.8, 4) is 0 Å². The number of hydrazone groups is 1. The lowest BCUT2D eigenvalue weighted by molar-refractivity contribution is 0.0955. The quantitative estimate of drug-likeness (QED) is 0.653. The zero-order valence-electron chi connectivity index (χ0n) is 9.87. The number of carbonyl (C=O) groups excluding carboxylic acids is 1. The van der Waals surface area contributed by atoms with Gasteiger partial charge in [0.15, 0.2) is 0 Å². The Kier molecular flexibility index (Phi) is 3.76. The maximum atomic E-state index is 11.7. The van der Waals surface area contributed by atoms with Gasteiger partial charge in [-0.2, -0.15) is 5.10 Å². The highest BCUT2D eigenvalue weighted by Gasteiger charge is 2.03. The topological polar surface area (TPSA) is 67.2 Å². The lowest BCUT2D eigenvalue weighted by Crippen LogP contribution is -2.17. The second-order valence-electron chi connectivity index (χ2n) is 3.67. The van der Waals surface area contributed by atoms with Gasteiger partial charge in [0, 0.05) is 24.3 Å². The summed E-state index contributed by atoms with van der Waals surface area (Å²) >= 11 is 0. The molecule has 2 aromatic rings. The number of rotatable bonds is 3. The third kappa shape index (κ3) is 3.21. The summed E-state index contributed by atoms with van der Waals surface area (Å²) in [5.41, 5.74) is 4.65. The normalized spacial score (nSPS) is 10.5. The highest BCUT2D eigenvalue weighted by Crippen LogP contribution is 1.98. The molecule has 18 heavy (non-hydrogen) atoms. The summed E-state index contributed by atoms with van der Waals surface area (Å²) in [6, 6.07) is 7.08. The standard InChI is InChI=1S/C13H12N4O/c1-10-2-3-12(9-15-10)13(18)17-16-8-11-4-6-14-7-5-11/h2-9H,1H3,(H,17,18). The Morgan fingerprint density at radius 2 is 2.06 bits per heavy atom. The third-order valence-electron chi connectivity index (χ3n) is 2.26. The van der Waals surface area contributed by atoms with Crippen molar-refractivity contribution < 1.29 is 4.79 Å². The van der Waals surface area contributed by atoms with E-state index in [0.717, 1.165) is 11.3 Å². The number of carbonyl (C=O) groups is 1. The van der Waals surface area contributed by atoms with Crippen LogP contribution in [0.3, 0.4) is 0 Å². The van der Waals surface area contributed by atoms with Crippen LogP contribution in [0.5, 0.6) is 0 Å². The molecule has 2 heterocycles. The van der Waals surface area contributed by atoms with Gasteiger partial charge in [0.25, 0.3) is 5.91 Å². The largest absolute Gasteiger partial charge is 0.272 e. The minimum absolute atomic E-state index is 0.284. The molecule has 1 N–H and O–H groups in total. The molecule has 0 radical (unpaired) electrons. The van der Waals surface area contributed by atoms with Gasteiger partial charge < -0.3 is 0 Å². The van der Waals surface area contributed by atoms with Crippen LogP contribution in [0.15, 0.2) is 48.0 Å². The van der Waals surface area contributed by atoms with E-state index in [1.165, 1.54) is 6.20 Å². The van der Waals surface area contributed by atoms with Crippen molar-refractivity contribution in [3.05, 3.63) is 59.7 Å². The van der Waals surface area contributed by atoms with E-state index in [2.05, 4.69) is 20.5 Å². The zero-order chi connectivity index (χ0) is 12.8. The fourth-order valence-electron chi connectivity index (χ4n) is 1.28. The number of hydrogen-bond donors (Lipinski definition) is 1. The van der Waals surface area contributed by atoms with Crippen molar-refractivity contribution in [1.82, 2.24) is 15.4 Å². The van der Waals surface area contributed by atoms with Crippen molar-refractivity contribution in [1.29, 1.82) is 0 Å². The van der Waals surface area contributed by atoms with E-state index in [1.807, 2.05) is 6.92 Å². The van der Waals surface area contributed by atoms with E-state index in [4.69, 9.17) is 0 Å². The highest BCUT2D eigenvalue weighted by molar-refractivity contribution is 5.94. The van der Waals surface area contributed by atoms with Crippen LogP contribution in [0.2, 0.25) is 0 Å². The molecule has 5 heteroatoms. The van der Waals surface area contributed by atoms with Crippen LogP contribution in [-0.2, 0) is 0 Å². The summed E-state index contributed by atoms with van der Waals surface area (Å²) in [4.78, 5) is 19.6. The van der Waals surface area contributed by atoms with Crippen molar-refractivity contribution in [2.45, 2.75) is 6.92 Å². The zero-order valence-corrected chi connectivity index (χ0v) is 9.87. The molecule has 90 valence electrons. The molecule has 0 aliphatic heterocycles. The van der Waals surface area contributed by atoms with Gasteiger partial charge in [-0.15, -0.1) is 0 Å². The Morgan fingerprint density at radius 3 is 2.72 bits per heavy atom. The van der Waals surface area contributed by atoms with Crippen LogP contribution < -0.4 is 5.43 Å². The van der Waals surface area contributed by atoms with Crippen molar-refractivity contribution >= 4 is 12.1 Å². The first kappa shape index (κ1) is 11.9. The first-order valence-electron chi connectivity index (χ1n) is 5.42. The van der Waals surface area contributed by atoms with E-state index in [-0.39, 0.29) is 5.91 Å². The molecule has 0 aromatic carbocycles. The summed E-state index contributed by atoms with van der Waals surface area (Å²) in [6.45, 7) is 1.86. The molecule has 0 bridgehead atoms. The molecule has 2 aromatic heterocycles. The molecule has 5 nitrogen and oxygen atoms in total. The Bertz CT molecular complexity index is 549. The molecule has 2 rings (SSSR count). The number of nitrogens with one attached hydrogen (secondary N) is 1. The lowest BCUT2D eigenvalue weighted by Gasteiger charge is -1.99. The summed E-state index contributed by atoms with van der Waals surface area (Å²) < 4.78 is 0. The number of pyridine rings is 2. The molecule has 0 unspecified atom stereocenters. The van der Waals surface area contributed by atoms with Crippen molar-refractivity contribution in [2.75, 3.05) is 0 Å². The Morgan fingerprint density at radius 1 is 1.28 bits per heavy atom. The van der Waals surface area contributed by atoms with Gasteiger partial charge in [0.1, 0.15) is 0 Å². The average molecular weight is 240 g/mol. The average Bonchev–Trinajstić information content (AvgIpc) is 2.40. The van der Waals surface area contributed by atoms with E-state index in [0.29, 0.717) is 5.56 Å². The third-order valence-corrected chi connectivity index (χ3v) is 2.26. The molecule has 1 amide bonds. The van der Waals surface area contributed by atoms with Gasteiger partial charge in [-0.25, -0.2) is 5.43 Å². The predicted molar refractivity (Wildman–Crippen MR) is 68.3 cm³/mol. The van der Waals surface area contributed by atoms with E-state index in [1.54, 1.807) is 42.9 Å². The van der Waals surface area contributed by atoms with Gasteiger partial charge in [-0.3, -0.25) is 14.8 Å². The summed E-state index contributed by atoms with van der Waals surface area (Å²) in [5, 5.41) is 3.86. The SMILES string of the molecule is Cc1ccc(C(=O)NN=Cc2ccncc2)cn1. The van der Waals surface area contributed by atoms with Gasteiger partial charge in [-0.1, -0.05) is 0 Å². The smallest absolute Gasteiger partial charge is 0.267 e. The van der Waals surface area contributed by atoms with Crippen LogP contribution in [0.25, 0.3) is 0 Å². The Balaban J connectivity index is 1.96. The summed E-state index contributed by atoms with van der Waals surface area (Å²) in [6.07, 6.45) is 6.40. The molecule has 0 spiro atoms. The Hall–Kier alpha value is -2.56. The van der Waals surface area contributed by atoms with Crippen LogP contribution in [0.1, 0.15) is 21.6 Å². The van der Waals surface area contributed by atoms with E-state index in [9.17, 15) is 4.79 Å². The summed E-state index contributed by atoms with van der Waals surface area (Å²) in [5.74, 6) is -0.284. The predicted octanol–water partition coefficient (Wildman–Crippen LogP) is 1.55. The first-order valence-corrected chi connectivity index (χ1v) is 5.42.